The maximum absolute atomic E-state index is 13.0. The predicted molar refractivity (Wildman–Crippen MR) is 102 cm³/mol. The first-order valence-electron chi connectivity index (χ1n) is 7.89. The van der Waals surface area contributed by atoms with Crippen molar-refractivity contribution in [3.8, 4) is 0 Å². The number of halogens is 2. The molecule has 2 aromatic carbocycles. The van der Waals surface area contributed by atoms with E-state index >= 15 is 0 Å². The van der Waals surface area contributed by atoms with E-state index in [1.54, 1.807) is 22.8 Å². The van der Waals surface area contributed by atoms with Crippen LogP contribution < -0.4 is 5.43 Å². The maximum atomic E-state index is 13.0. The van der Waals surface area contributed by atoms with E-state index in [0.717, 1.165) is 11.1 Å². The van der Waals surface area contributed by atoms with Crippen molar-refractivity contribution in [2.45, 2.75) is 33.2 Å². The number of fused-ring (bicyclic) bond motifs is 2. The van der Waals surface area contributed by atoms with Gasteiger partial charge < -0.3 is 9.67 Å². The molecule has 0 fully saturated rings. The average Bonchev–Trinajstić information content (AvgIpc) is 2.53. The molecule has 130 valence electrons. The van der Waals surface area contributed by atoms with Crippen molar-refractivity contribution in [2.75, 3.05) is 0 Å². The molecular formula is C19H17Cl2NO3. The standard InChI is InChI=1S/C19H17Cl2NO3/c1-9(2)11-4-5-12-17(10(11)3)22(8-15(23)24)18-13(19(12)25)6-7-14(20)16(18)21/h4-7,9H,8H2,1-3H3,(H,23,24). The quantitative estimate of drug-likeness (QED) is 0.654. The number of carbonyl (C=O) groups is 1. The molecule has 0 aliphatic rings. The van der Waals surface area contributed by atoms with Crippen molar-refractivity contribution in [3.63, 3.8) is 0 Å². The van der Waals surface area contributed by atoms with Crippen LogP contribution in [-0.4, -0.2) is 15.6 Å². The van der Waals surface area contributed by atoms with Gasteiger partial charge in [-0.05, 0) is 42.2 Å². The van der Waals surface area contributed by atoms with Crippen molar-refractivity contribution in [1.82, 2.24) is 4.57 Å². The third kappa shape index (κ3) is 2.79. The molecule has 0 spiro atoms. The van der Waals surface area contributed by atoms with Crippen LogP contribution in [0.15, 0.2) is 29.1 Å². The highest BCUT2D eigenvalue weighted by Crippen LogP contribution is 2.34. The van der Waals surface area contributed by atoms with Gasteiger partial charge in [-0.2, -0.15) is 0 Å². The van der Waals surface area contributed by atoms with E-state index in [1.165, 1.54) is 0 Å². The zero-order valence-electron chi connectivity index (χ0n) is 14.1. The molecule has 0 aliphatic heterocycles. The van der Waals surface area contributed by atoms with Crippen LogP contribution in [0.1, 0.15) is 30.9 Å². The number of aromatic nitrogens is 1. The van der Waals surface area contributed by atoms with Crippen molar-refractivity contribution in [1.29, 1.82) is 0 Å². The predicted octanol–water partition coefficient (Wildman–Crippen LogP) is 4.98. The Morgan fingerprint density at radius 2 is 1.72 bits per heavy atom. The molecule has 3 aromatic rings. The Hall–Kier alpha value is -2.04. The summed E-state index contributed by atoms with van der Waals surface area (Å²) in [5.41, 5.74) is 2.71. The number of nitrogens with zero attached hydrogens (tertiary/aromatic N) is 1. The van der Waals surface area contributed by atoms with Crippen molar-refractivity contribution in [3.05, 3.63) is 55.7 Å². The van der Waals surface area contributed by atoms with Crippen LogP contribution in [0.4, 0.5) is 0 Å². The van der Waals surface area contributed by atoms with E-state index in [4.69, 9.17) is 23.2 Å². The van der Waals surface area contributed by atoms with Crippen LogP contribution in [0, 0.1) is 6.92 Å². The van der Waals surface area contributed by atoms with Crippen molar-refractivity contribution < 1.29 is 9.90 Å². The number of hydrogen-bond donors (Lipinski definition) is 1. The van der Waals surface area contributed by atoms with Crippen LogP contribution in [0.3, 0.4) is 0 Å². The number of aryl methyl sites for hydroxylation is 1. The highest BCUT2D eigenvalue weighted by molar-refractivity contribution is 6.45. The zero-order chi connectivity index (χ0) is 18.5. The van der Waals surface area contributed by atoms with Gasteiger partial charge in [-0.3, -0.25) is 9.59 Å². The van der Waals surface area contributed by atoms with Gasteiger partial charge in [-0.15, -0.1) is 0 Å². The molecule has 0 bridgehead atoms. The van der Waals surface area contributed by atoms with Gasteiger partial charge in [-0.25, -0.2) is 0 Å². The molecule has 4 nitrogen and oxygen atoms in total. The Balaban J connectivity index is 2.66. The van der Waals surface area contributed by atoms with E-state index in [0.29, 0.717) is 21.8 Å². The van der Waals surface area contributed by atoms with E-state index in [9.17, 15) is 14.7 Å². The Kier molecular flexibility index (Phi) is 4.52. The summed E-state index contributed by atoms with van der Waals surface area (Å²) in [7, 11) is 0. The monoisotopic (exact) mass is 377 g/mol. The van der Waals surface area contributed by atoms with Gasteiger partial charge in [-0.1, -0.05) is 43.1 Å². The van der Waals surface area contributed by atoms with Gasteiger partial charge in [0.15, 0.2) is 5.43 Å². The number of carboxylic acids is 1. The van der Waals surface area contributed by atoms with E-state index in [1.807, 2.05) is 13.0 Å². The van der Waals surface area contributed by atoms with Gasteiger partial charge in [0.05, 0.1) is 21.1 Å². The molecule has 0 saturated carbocycles. The minimum atomic E-state index is -1.02. The number of benzene rings is 2. The summed E-state index contributed by atoms with van der Waals surface area (Å²) in [5.74, 6) is -0.778. The summed E-state index contributed by atoms with van der Waals surface area (Å²) in [5, 5.41) is 10.7. The number of hydrogen-bond acceptors (Lipinski definition) is 2. The average molecular weight is 378 g/mol. The summed E-state index contributed by atoms with van der Waals surface area (Å²) in [6.45, 7) is 5.70. The van der Waals surface area contributed by atoms with Gasteiger partial charge in [0, 0.05) is 10.8 Å². The number of aliphatic carboxylic acids is 1. The van der Waals surface area contributed by atoms with Crippen LogP contribution in [0.5, 0.6) is 0 Å². The first kappa shape index (κ1) is 17.8. The topological polar surface area (TPSA) is 59.3 Å². The number of rotatable bonds is 3. The summed E-state index contributed by atoms with van der Waals surface area (Å²) in [6, 6.07) is 6.84. The second-order valence-corrected chi connectivity index (χ2v) is 7.18. The molecule has 0 saturated heterocycles. The fraction of sp³-hybridized carbons (Fsp3) is 0.263. The summed E-state index contributed by atoms with van der Waals surface area (Å²) in [4.78, 5) is 24.5. The molecule has 0 radical (unpaired) electrons. The lowest BCUT2D eigenvalue weighted by atomic mass is 9.94. The van der Waals surface area contributed by atoms with E-state index < -0.39 is 5.97 Å². The van der Waals surface area contributed by atoms with Gasteiger partial charge >= 0.3 is 5.97 Å². The molecule has 0 atom stereocenters. The largest absolute Gasteiger partial charge is 0.480 e. The van der Waals surface area contributed by atoms with Crippen LogP contribution in [-0.2, 0) is 11.3 Å². The smallest absolute Gasteiger partial charge is 0.323 e. The first-order valence-corrected chi connectivity index (χ1v) is 8.65. The minimum absolute atomic E-state index is 0.177. The van der Waals surface area contributed by atoms with Crippen molar-refractivity contribution in [2.24, 2.45) is 0 Å². The van der Waals surface area contributed by atoms with Crippen LogP contribution in [0.25, 0.3) is 21.8 Å². The Morgan fingerprint density at radius 1 is 1.12 bits per heavy atom. The molecule has 25 heavy (non-hydrogen) atoms. The lowest BCUT2D eigenvalue weighted by Gasteiger charge is -2.19. The highest BCUT2D eigenvalue weighted by Gasteiger charge is 2.20. The lowest BCUT2D eigenvalue weighted by Crippen LogP contribution is -2.17. The first-order chi connectivity index (χ1) is 11.7. The summed E-state index contributed by atoms with van der Waals surface area (Å²) < 4.78 is 1.59. The van der Waals surface area contributed by atoms with Crippen molar-refractivity contribution >= 4 is 51.0 Å². The molecule has 0 aliphatic carbocycles. The molecular weight excluding hydrogens is 361 g/mol. The fourth-order valence-corrected chi connectivity index (χ4v) is 3.83. The second-order valence-electron chi connectivity index (χ2n) is 6.40. The fourth-order valence-electron chi connectivity index (χ4n) is 3.41. The van der Waals surface area contributed by atoms with Crippen LogP contribution >= 0.6 is 23.2 Å². The normalized spacial score (nSPS) is 11.6. The molecule has 1 heterocycles. The van der Waals surface area contributed by atoms with E-state index in [-0.39, 0.29) is 27.9 Å². The molecule has 3 rings (SSSR count). The lowest BCUT2D eigenvalue weighted by molar-refractivity contribution is -0.137. The summed E-state index contributed by atoms with van der Waals surface area (Å²) in [6.07, 6.45) is 0. The Labute approximate surface area is 154 Å². The molecule has 1 N–H and O–H groups in total. The molecule has 0 unspecified atom stereocenters. The Bertz CT molecular complexity index is 1080. The number of carboxylic acid groups (broad SMARTS) is 1. The third-order valence-electron chi connectivity index (χ3n) is 4.49. The highest BCUT2D eigenvalue weighted by atomic mass is 35.5. The Morgan fingerprint density at radius 3 is 2.32 bits per heavy atom. The SMILES string of the molecule is Cc1c(C(C)C)ccc2c(=O)c3ccc(Cl)c(Cl)c3n(CC(=O)O)c12. The third-order valence-corrected chi connectivity index (χ3v) is 5.28. The molecule has 1 aromatic heterocycles. The van der Waals surface area contributed by atoms with Crippen LogP contribution in [0.2, 0.25) is 10.0 Å². The minimum Gasteiger partial charge on any atom is -0.480 e. The van der Waals surface area contributed by atoms with Gasteiger partial charge in [0.1, 0.15) is 6.54 Å². The number of pyridine rings is 1. The summed E-state index contributed by atoms with van der Waals surface area (Å²) >= 11 is 12.5. The van der Waals surface area contributed by atoms with E-state index in [2.05, 4.69) is 13.8 Å². The second kappa shape index (κ2) is 6.36. The van der Waals surface area contributed by atoms with Gasteiger partial charge in [0.25, 0.3) is 0 Å². The molecule has 6 heteroatoms. The van der Waals surface area contributed by atoms with Gasteiger partial charge in [0.2, 0.25) is 0 Å². The maximum Gasteiger partial charge on any atom is 0.323 e. The zero-order valence-corrected chi connectivity index (χ0v) is 15.6. The molecule has 0 amide bonds.